The van der Waals surface area contributed by atoms with Gasteiger partial charge in [-0.1, -0.05) is 36.4 Å². The van der Waals surface area contributed by atoms with E-state index in [4.69, 9.17) is 15.5 Å². The maximum atomic E-state index is 12.9. The summed E-state index contributed by atoms with van der Waals surface area (Å²) in [6.07, 6.45) is 4.06. The Hall–Kier alpha value is -3.64. The van der Waals surface area contributed by atoms with E-state index in [0.29, 0.717) is 10.6 Å². The standard InChI is InChI=1S/C25H23N3O2S/c1-4-5-16-6-8-17(9-7-16)21-13-11-19-22(26)23(31-25(19)28-21)24(29)27-20-12-10-18(30-3)14-15(20)2/h4-14H,26H2,1-3H3,(H,27,29). The van der Waals surface area contributed by atoms with Crippen LogP contribution in [0.5, 0.6) is 5.75 Å². The molecule has 4 rings (SSSR count). The number of fused-ring (bicyclic) bond motifs is 1. The van der Waals surface area contributed by atoms with Crippen LogP contribution in [0.3, 0.4) is 0 Å². The molecule has 0 bridgehead atoms. The highest BCUT2D eigenvalue weighted by atomic mass is 32.1. The Kier molecular flexibility index (Phi) is 5.73. The van der Waals surface area contributed by atoms with Gasteiger partial charge in [-0.2, -0.15) is 0 Å². The summed E-state index contributed by atoms with van der Waals surface area (Å²) in [5.41, 5.74) is 11.4. The number of nitrogens with one attached hydrogen (secondary N) is 1. The van der Waals surface area contributed by atoms with Crippen molar-refractivity contribution < 1.29 is 9.53 Å². The number of methoxy groups -OCH3 is 1. The molecular weight excluding hydrogens is 406 g/mol. The number of amides is 1. The molecule has 0 spiro atoms. The van der Waals surface area contributed by atoms with Crippen molar-refractivity contribution in [2.24, 2.45) is 0 Å². The van der Waals surface area contributed by atoms with E-state index in [0.717, 1.165) is 44.0 Å². The van der Waals surface area contributed by atoms with E-state index in [2.05, 4.69) is 23.5 Å². The van der Waals surface area contributed by atoms with Gasteiger partial charge in [0.15, 0.2) is 0 Å². The molecule has 0 aliphatic heterocycles. The number of aryl methyl sites for hydroxylation is 1. The van der Waals surface area contributed by atoms with Gasteiger partial charge in [0, 0.05) is 16.6 Å². The first-order chi connectivity index (χ1) is 15.0. The molecule has 3 N–H and O–H groups in total. The van der Waals surface area contributed by atoms with Crippen LogP contribution < -0.4 is 15.8 Å². The Morgan fingerprint density at radius 3 is 2.58 bits per heavy atom. The Labute approximate surface area is 185 Å². The molecule has 0 radical (unpaired) electrons. The van der Waals surface area contributed by atoms with Crippen molar-refractivity contribution in [1.82, 2.24) is 4.98 Å². The smallest absolute Gasteiger partial charge is 0.267 e. The number of carbonyl (C=O) groups is 1. The van der Waals surface area contributed by atoms with Crippen LogP contribution in [0.15, 0.2) is 60.7 Å². The monoisotopic (exact) mass is 429 g/mol. The van der Waals surface area contributed by atoms with Crippen LogP contribution >= 0.6 is 11.3 Å². The second kappa shape index (κ2) is 8.62. The highest BCUT2D eigenvalue weighted by molar-refractivity contribution is 7.21. The quantitative estimate of drug-likeness (QED) is 0.399. The van der Waals surface area contributed by atoms with E-state index < -0.39 is 0 Å². The first kappa shape index (κ1) is 20.6. The van der Waals surface area contributed by atoms with Crippen molar-refractivity contribution >= 4 is 44.9 Å². The first-order valence-corrected chi connectivity index (χ1v) is 10.7. The molecule has 156 valence electrons. The maximum absolute atomic E-state index is 12.9. The van der Waals surface area contributed by atoms with Gasteiger partial charge in [0.05, 0.1) is 18.5 Å². The number of allylic oxidation sites excluding steroid dienone is 1. The molecule has 1 amide bonds. The average molecular weight is 430 g/mol. The van der Waals surface area contributed by atoms with Crippen LogP contribution in [0.2, 0.25) is 0 Å². The number of hydrogen-bond acceptors (Lipinski definition) is 5. The number of ether oxygens (including phenoxy) is 1. The van der Waals surface area contributed by atoms with Crippen molar-refractivity contribution in [1.29, 1.82) is 0 Å². The van der Waals surface area contributed by atoms with Gasteiger partial charge < -0.3 is 15.8 Å². The molecule has 0 saturated carbocycles. The van der Waals surface area contributed by atoms with Gasteiger partial charge in [0.1, 0.15) is 15.5 Å². The van der Waals surface area contributed by atoms with Gasteiger partial charge in [0.25, 0.3) is 5.91 Å². The third kappa shape index (κ3) is 4.15. The Balaban J connectivity index is 1.63. The van der Waals surface area contributed by atoms with Gasteiger partial charge in [-0.15, -0.1) is 11.3 Å². The van der Waals surface area contributed by atoms with Gasteiger partial charge in [-0.3, -0.25) is 4.79 Å². The summed E-state index contributed by atoms with van der Waals surface area (Å²) < 4.78 is 5.22. The van der Waals surface area contributed by atoms with Crippen molar-refractivity contribution in [2.45, 2.75) is 13.8 Å². The SMILES string of the molecule is CC=Cc1ccc(-c2ccc3c(N)c(C(=O)Nc4ccc(OC)cc4C)sc3n2)cc1. The van der Waals surface area contributed by atoms with Crippen molar-refractivity contribution in [2.75, 3.05) is 18.2 Å². The lowest BCUT2D eigenvalue weighted by Gasteiger charge is -2.09. The lowest BCUT2D eigenvalue weighted by Crippen LogP contribution is -2.12. The number of carbonyl (C=O) groups excluding carboxylic acids is 1. The molecule has 31 heavy (non-hydrogen) atoms. The molecule has 2 aromatic heterocycles. The van der Waals surface area contributed by atoms with E-state index >= 15 is 0 Å². The van der Waals surface area contributed by atoms with Crippen molar-refractivity contribution in [3.05, 3.63) is 76.7 Å². The topological polar surface area (TPSA) is 77.2 Å². The molecule has 5 nitrogen and oxygen atoms in total. The molecular formula is C25H23N3O2S. The Bertz CT molecular complexity index is 1290. The average Bonchev–Trinajstić information content (AvgIpc) is 3.12. The molecule has 0 atom stereocenters. The normalized spacial score (nSPS) is 11.2. The zero-order valence-electron chi connectivity index (χ0n) is 17.6. The number of benzene rings is 2. The number of aromatic nitrogens is 1. The number of anilines is 2. The summed E-state index contributed by atoms with van der Waals surface area (Å²) in [6.45, 7) is 3.91. The molecule has 0 aliphatic carbocycles. The van der Waals surface area contributed by atoms with E-state index in [1.807, 2.05) is 62.4 Å². The molecule has 0 saturated heterocycles. The number of pyridine rings is 1. The van der Waals surface area contributed by atoms with Gasteiger partial charge in [0.2, 0.25) is 0 Å². The summed E-state index contributed by atoms with van der Waals surface area (Å²) >= 11 is 1.30. The zero-order valence-corrected chi connectivity index (χ0v) is 18.4. The van der Waals surface area contributed by atoms with Gasteiger partial charge in [-0.05, 0) is 55.3 Å². The number of nitrogens with zero attached hydrogens (tertiary/aromatic N) is 1. The number of nitrogen functional groups attached to an aromatic ring is 1. The minimum absolute atomic E-state index is 0.244. The second-order valence-corrected chi connectivity index (χ2v) is 8.15. The van der Waals surface area contributed by atoms with Gasteiger partial charge in [-0.25, -0.2) is 4.98 Å². The second-order valence-electron chi connectivity index (χ2n) is 7.15. The minimum Gasteiger partial charge on any atom is -0.497 e. The fourth-order valence-electron chi connectivity index (χ4n) is 3.37. The molecule has 0 unspecified atom stereocenters. The summed E-state index contributed by atoms with van der Waals surface area (Å²) in [6, 6.07) is 17.6. The third-order valence-electron chi connectivity index (χ3n) is 5.05. The summed E-state index contributed by atoms with van der Waals surface area (Å²) in [7, 11) is 1.61. The first-order valence-electron chi connectivity index (χ1n) is 9.88. The number of thiophene rings is 1. The summed E-state index contributed by atoms with van der Waals surface area (Å²) in [5, 5.41) is 3.73. The van der Waals surface area contributed by atoms with Crippen LogP contribution in [0.25, 0.3) is 27.6 Å². The Morgan fingerprint density at radius 2 is 1.90 bits per heavy atom. The molecule has 0 fully saturated rings. The third-order valence-corrected chi connectivity index (χ3v) is 6.16. The van der Waals surface area contributed by atoms with E-state index in [1.54, 1.807) is 7.11 Å². The van der Waals surface area contributed by atoms with Crippen molar-refractivity contribution in [3.63, 3.8) is 0 Å². The fourth-order valence-corrected chi connectivity index (χ4v) is 4.36. The summed E-state index contributed by atoms with van der Waals surface area (Å²) in [4.78, 5) is 18.9. The highest BCUT2D eigenvalue weighted by Gasteiger charge is 2.18. The highest BCUT2D eigenvalue weighted by Crippen LogP contribution is 2.35. The van der Waals surface area contributed by atoms with Crippen LogP contribution in [0.4, 0.5) is 11.4 Å². The lowest BCUT2D eigenvalue weighted by molar-refractivity contribution is 0.103. The van der Waals surface area contributed by atoms with Crippen LogP contribution in [0.1, 0.15) is 27.7 Å². The van der Waals surface area contributed by atoms with E-state index in [9.17, 15) is 4.79 Å². The fraction of sp³-hybridized carbons (Fsp3) is 0.120. The predicted octanol–water partition coefficient (Wildman–Crippen LogP) is 6.15. The largest absolute Gasteiger partial charge is 0.497 e. The molecule has 0 aliphatic rings. The summed E-state index contributed by atoms with van der Waals surface area (Å²) in [5.74, 6) is 0.498. The molecule has 4 aromatic rings. The minimum atomic E-state index is -0.244. The predicted molar refractivity (Wildman–Crippen MR) is 130 cm³/mol. The van der Waals surface area contributed by atoms with Crippen LogP contribution in [0, 0.1) is 6.92 Å². The van der Waals surface area contributed by atoms with E-state index in [-0.39, 0.29) is 5.91 Å². The van der Waals surface area contributed by atoms with E-state index in [1.165, 1.54) is 11.3 Å². The zero-order chi connectivity index (χ0) is 22.0. The van der Waals surface area contributed by atoms with Crippen molar-refractivity contribution in [3.8, 4) is 17.0 Å². The Morgan fingerprint density at radius 1 is 1.13 bits per heavy atom. The number of nitrogens with two attached hydrogens (primary N) is 1. The lowest BCUT2D eigenvalue weighted by atomic mass is 10.1. The van der Waals surface area contributed by atoms with Crippen LogP contribution in [-0.2, 0) is 0 Å². The molecule has 6 heteroatoms. The number of hydrogen-bond donors (Lipinski definition) is 2. The molecule has 2 heterocycles. The van der Waals surface area contributed by atoms with Gasteiger partial charge >= 0.3 is 0 Å². The molecule has 2 aromatic carbocycles. The van der Waals surface area contributed by atoms with Crippen LogP contribution in [-0.4, -0.2) is 18.0 Å². The maximum Gasteiger partial charge on any atom is 0.267 e. The number of rotatable bonds is 5.